The lowest BCUT2D eigenvalue weighted by Gasteiger charge is -2.22. The number of likely N-dealkylation sites (N-methyl/N-ethyl adjacent to an activating group) is 1. The van der Waals surface area contributed by atoms with Crippen LogP contribution < -0.4 is 0 Å². The van der Waals surface area contributed by atoms with Crippen LogP contribution in [0.4, 0.5) is 0 Å². The van der Waals surface area contributed by atoms with Gasteiger partial charge in [-0.2, -0.15) is 5.26 Å². The van der Waals surface area contributed by atoms with E-state index in [0.29, 0.717) is 0 Å². The molecule has 0 saturated carbocycles. The lowest BCUT2D eigenvalue weighted by molar-refractivity contribution is 0.277. The quantitative estimate of drug-likeness (QED) is 0.796. The van der Waals surface area contributed by atoms with Crippen molar-refractivity contribution in [2.75, 3.05) is 13.1 Å². The van der Waals surface area contributed by atoms with E-state index in [0.717, 1.165) is 25.2 Å². The molecule has 0 spiro atoms. The number of benzene rings is 1. The Kier molecular flexibility index (Phi) is 5.14. The number of hydrogen-bond acceptors (Lipinski definition) is 3. The van der Waals surface area contributed by atoms with E-state index in [-0.39, 0.29) is 5.92 Å². The van der Waals surface area contributed by atoms with Crippen molar-refractivity contribution in [3.63, 3.8) is 0 Å². The highest BCUT2D eigenvalue weighted by Crippen LogP contribution is 2.18. The summed E-state index contributed by atoms with van der Waals surface area (Å²) in [5.74, 6) is -0.0545. The van der Waals surface area contributed by atoms with Crippen LogP contribution in [0.15, 0.2) is 47.8 Å². The first kappa shape index (κ1) is 13.8. The molecule has 98 valence electrons. The molecule has 1 aromatic heterocycles. The van der Waals surface area contributed by atoms with Crippen molar-refractivity contribution < 1.29 is 0 Å². The zero-order valence-corrected chi connectivity index (χ0v) is 11.9. The van der Waals surface area contributed by atoms with Crippen LogP contribution in [0.5, 0.6) is 0 Å². The summed E-state index contributed by atoms with van der Waals surface area (Å²) in [5.41, 5.74) is 1.11. The van der Waals surface area contributed by atoms with Crippen molar-refractivity contribution in [1.82, 2.24) is 4.90 Å². The molecule has 0 N–H and O–H groups in total. The van der Waals surface area contributed by atoms with Crippen molar-refractivity contribution in [2.45, 2.75) is 19.4 Å². The van der Waals surface area contributed by atoms with E-state index in [1.165, 1.54) is 4.88 Å². The second-order valence-corrected chi connectivity index (χ2v) is 5.53. The van der Waals surface area contributed by atoms with Crippen LogP contribution in [-0.2, 0) is 6.54 Å². The maximum Gasteiger partial charge on any atom is 0.0839 e. The van der Waals surface area contributed by atoms with Crippen molar-refractivity contribution in [2.24, 2.45) is 0 Å². The summed E-state index contributed by atoms with van der Waals surface area (Å²) in [6.07, 6.45) is 0. The second-order valence-electron chi connectivity index (χ2n) is 4.50. The molecule has 0 fully saturated rings. The molecule has 0 aliphatic heterocycles. The topological polar surface area (TPSA) is 27.0 Å². The minimum atomic E-state index is -0.0545. The van der Waals surface area contributed by atoms with Gasteiger partial charge in [0.25, 0.3) is 0 Å². The predicted molar refractivity (Wildman–Crippen MR) is 80.1 cm³/mol. The fourth-order valence-electron chi connectivity index (χ4n) is 2.09. The molecule has 1 heterocycles. The Hall–Kier alpha value is -1.63. The van der Waals surface area contributed by atoms with Gasteiger partial charge in [-0.25, -0.2) is 0 Å². The van der Waals surface area contributed by atoms with E-state index in [1.54, 1.807) is 11.3 Å². The van der Waals surface area contributed by atoms with Crippen LogP contribution in [0, 0.1) is 11.3 Å². The average molecular weight is 270 g/mol. The molecule has 0 radical (unpaired) electrons. The van der Waals surface area contributed by atoms with Crippen LogP contribution in [0.3, 0.4) is 0 Å². The van der Waals surface area contributed by atoms with Crippen molar-refractivity contribution in [1.29, 1.82) is 5.26 Å². The number of nitriles is 1. The molecule has 2 aromatic rings. The Balaban J connectivity index is 2.02. The molecule has 2 nitrogen and oxygen atoms in total. The summed E-state index contributed by atoms with van der Waals surface area (Å²) in [7, 11) is 0. The first-order valence-corrected chi connectivity index (χ1v) is 7.40. The van der Waals surface area contributed by atoms with Gasteiger partial charge in [-0.3, -0.25) is 4.90 Å². The molecule has 0 aliphatic rings. The van der Waals surface area contributed by atoms with Crippen LogP contribution >= 0.6 is 11.3 Å². The summed E-state index contributed by atoms with van der Waals surface area (Å²) < 4.78 is 0. The molecule has 1 unspecified atom stereocenters. The third-order valence-electron chi connectivity index (χ3n) is 3.21. The van der Waals surface area contributed by atoms with E-state index < -0.39 is 0 Å². The van der Waals surface area contributed by atoms with Crippen molar-refractivity contribution in [3.05, 3.63) is 58.3 Å². The Morgan fingerprint density at radius 2 is 2.00 bits per heavy atom. The van der Waals surface area contributed by atoms with Crippen molar-refractivity contribution >= 4 is 11.3 Å². The zero-order chi connectivity index (χ0) is 13.5. The van der Waals surface area contributed by atoms with E-state index in [9.17, 15) is 5.26 Å². The Labute approximate surface area is 118 Å². The first-order valence-electron chi connectivity index (χ1n) is 6.52. The average Bonchev–Trinajstić information content (AvgIpc) is 2.97. The highest BCUT2D eigenvalue weighted by molar-refractivity contribution is 7.09. The third kappa shape index (κ3) is 3.92. The highest BCUT2D eigenvalue weighted by atomic mass is 32.1. The summed E-state index contributed by atoms with van der Waals surface area (Å²) in [6.45, 7) is 4.82. The van der Waals surface area contributed by atoms with E-state index in [4.69, 9.17) is 0 Å². The Bertz CT molecular complexity index is 513. The van der Waals surface area contributed by atoms with Gasteiger partial charge < -0.3 is 0 Å². The zero-order valence-electron chi connectivity index (χ0n) is 11.1. The predicted octanol–water partition coefficient (Wildman–Crippen LogP) is 3.88. The standard InChI is InChI=1S/C16H18N2S/c1-2-18(13-16-9-6-10-19-16)12-15(11-17)14-7-4-3-5-8-14/h3-10,15H,2,12-13H2,1H3. The van der Waals surface area contributed by atoms with Crippen LogP contribution in [0.2, 0.25) is 0 Å². The fourth-order valence-corrected chi connectivity index (χ4v) is 2.84. The molecule has 19 heavy (non-hydrogen) atoms. The minimum absolute atomic E-state index is 0.0545. The molecule has 3 heteroatoms. The molecule has 1 aromatic carbocycles. The largest absolute Gasteiger partial charge is 0.297 e. The van der Waals surface area contributed by atoms with Crippen LogP contribution in [-0.4, -0.2) is 18.0 Å². The summed E-state index contributed by atoms with van der Waals surface area (Å²) in [5, 5.41) is 11.5. The Morgan fingerprint density at radius 3 is 2.58 bits per heavy atom. The van der Waals surface area contributed by atoms with Gasteiger partial charge in [-0.05, 0) is 23.6 Å². The summed E-state index contributed by atoms with van der Waals surface area (Å²) >= 11 is 1.77. The van der Waals surface area contributed by atoms with Gasteiger partial charge in [-0.15, -0.1) is 11.3 Å². The molecule has 0 saturated heterocycles. The molecule has 0 aliphatic carbocycles. The highest BCUT2D eigenvalue weighted by Gasteiger charge is 2.15. The molecular formula is C16H18N2S. The molecule has 0 bridgehead atoms. The monoisotopic (exact) mass is 270 g/mol. The number of rotatable bonds is 6. The normalized spacial score (nSPS) is 12.3. The molecule has 1 atom stereocenters. The minimum Gasteiger partial charge on any atom is -0.297 e. The number of hydrogen-bond donors (Lipinski definition) is 0. The van der Waals surface area contributed by atoms with Gasteiger partial charge in [0, 0.05) is 18.0 Å². The van der Waals surface area contributed by atoms with Gasteiger partial charge in [-0.1, -0.05) is 43.3 Å². The van der Waals surface area contributed by atoms with E-state index >= 15 is 0 Å². The number of nitrogens with zero attached hydrogens (tertiary/aromatic N) is 2. The molecular weight excluding hydrogens is 252 g/mol. The maximum atomic E-state index is 9.38. The number of thiophene rings is 1. The van der Waals surface area contributed by atoms with Gasteiger partial charge in [0.05, 0.1) is 12.0 Å². The van der Waals surface area contributed by atoms with Gasteiger partial charge in [0.1, 0.15) is 0 Å². The fraction of sp³-hybridized carbons (Fsp3) is 0.312. The third-order valence-corrected chi connectivity index (χ3v) is 4.07. The van der Waals surface area contributed by atoms with Gasteiger partial charge >= 0.3 is 0 Å². The Morgan fingerprint density at radius 1 is 1.21 bits per heavy atom. The van der Waals surface area contributed by atoms with Gasteiger partial charge in [0.2, 0.25) is 0 Å². The van der Waals surface area contributed by atoms with Crippen molar-refractivity contribution in [3.8, 4) is 6.07 Å². The van der Waals surface area contributed by atoms with Gasteiger partial charge in [0.15, 0.2) is 0 Å². The first-order chi connectivity index (χ1) is 9.33. The molecule has 2 rings (SSSR count). The second kappa shape index (κ2) is 7.08. The van der Waals surface area contributed by atoms with E-state index in [1.807, 2.05) is 30.3 Å². The SMILES string of the molecule is CCN(Cc1cccs1)CC(C#N)c1ccccc1. The van der Waals surface area contributed by atoms with Crippen LogP contribution in [0.1, 0.15) is 23.3 Å². The smallest absolute Gasteiger partial charge is 0.0839 e. The lowest BCUT2D eigenvalue weighted by atomic mass is 10.00. The van der Waals surface area contributed by atoms with Crippen LogP contribution in [0.25, 0.3) is 0 Å². The lowest BCUT2D eigenvalue weighted by Crippen LogP contribution is -2.27. The summed E-state index contributed by atoms with van der Waals surface area (Å²) in [6, 6.07) is 16.7. The molecule has 0 amide bonds. The summed E-state index contributed by atoms with van der Waals surface area (Å²) in [4.78, 5) is 3.68. The maximum absolute atomic E-state index is 9.38. The van der Waals surface area contributed by atoms with E-state index in [2.05, 4.69) is 35.4 Å².